The lowest BCUT2D eigenvalue weighted by molar-refractivity contribution is 0.116. The van der Waals surface area contributed by atoms with Crippen LogP contribution in [-0.4, -0.2) is 32.3 Å². The molecule has 0 aromatic rings. The van der Waals surface area contributed by atoms with Crippen molar-refractivity contribution in [2.45, 2.75) is 38.3 Å². The highest BCUT2D eigenvalue weighted by Crippen LogP contribution is 2.22. The van der Waals surface area contributed by atoms with Crippen molar-refractivity contribution in [1.82, 2.24) is 5.32 Å². The minimum absolute atomic E-state index is 0.315. The minimum Gasteiger partial charge on any atom is -0.380 e. The van der Waals surface area contributed by atoms with Gasteiger partial charge in [-0.3, -0.25) is 0 Å². The van der Waals surface area contributed by atoms with Gasteiger partial charge in [-0.1, -0.05) is 0 Å². The van der Waals surface area contributed by atoms with E-state index in [9.17, 15) is 0 Å². The number of nitrogens with one attached hydrogen (secondary N) is 1. The second-order valence-electron chi connectivity index (χ2n) is 4.14. The van der Waals surface area contributed by atoms with Crippen LogP contribution in [0.3, 0.4) is 0 Å². The van der Waals surface area contributed by atoms with Crippen molar-refractivity contribution in [3.63, 3.8) is 0 Å². The Labute approximate surface area is 81.0 Å². The molecule has 0 aromatic heterocycles. The molecule has 0 heterocycles. The highest BCUT2D eigenvalue weighted by atomic mass is 16.5. The summed E-state index contributed by atoms with van der Waals surface area (Å²) in [4.78, 5) is 0. The number of nitrogens with two attached hydrogens (primary N) is 1. The van der Waals surface area contributed by atoms with E-state index in [1.54, 1.807) is 7.11 Å². The standard InChI is InChI=1S/C10H22N2O/c1-8(13-2)6-12-7-9-3-4-10(11)5-9/h8-10,12H,3-7,11H2,1-2H3. The van der Waals surface area contributed by atoms with Crippen molar-refractivity contribution in [2.75, 3.05) is 20.2 Å². The highest BCUT2D eigenvalue weighted by molar-refractivity contribution is 4.79. The average Bonchev–Trinajstić information content (AvgIpc) is 2.51. The van der Waals surface area contributed by atoms with Gasteiger partial charge in [0.1, 0.15) is 0 Å². The van der Waals surface area contributed by atoms with Gasteiger partial charge in [-0.25, -0.2) is 0 Å². The molecule has 1 rings (SSSR count). The van der Waals surface area contributed by atoms with Crippen molar-refractivity contribution >= 4 is 0 Å². The van der Waals surface area contributed by atoms with Crippen molar-refractivity contribution in [2.24, 2.45) is 11.7 Å². The number of rotatable bonds is 5. The molecule has 0 bridgehead atoms. The summed E-state index contributed by atoms with van der Waals surface area (Å²) < 4.78 is 5.15. The first-order chi connectivity index (χ1) is 6.22. The molecule has 1 fully saturated rings. The normalized spacial score (nSPS) is 30.7. The molecule has 3 atom stereocenters. The molecule has 0 spiro atoms. The summed E-state index contributed by atoms with van der Waals surface area (Å²) in [5, 5.41) is 3.42. The Kier molecular flexibility index (Phi) is 4.70. The number of hydrogen-bond acceptors (Lipinski definition) is 3. The molecular weight excluding hydrogens is 164 g/mol. The lowest BCUT2D eigenvalue weighted by atomic mass is 10.1. The zero-order valence-electron chi connectivity index (χ0n) is 8.75. The van der Waals surface area contributed by atoms with E-state index in [0.29, 0.717) is 12.1 Å². The summed E-state index contributed by atoms with van der Waals surface area (Å²) in [7, 11) is 1.75. The van der Waals surface area contributed by atoms with Crippen LogP contribution in [0.5, 0.6) is 0 Å². The molecule has 0 aliphatic heterocycles. The summed E-state index contributed by atoms with van der Waals surface area (Å²) in [6.07, 6.45) is 3.99. The molecule has 78 valence electrons. The summed E-state index contributed by atoms with van der Waals surface area (Å²) in [6.45, 7) is 4.12. The first-order valence-corrected chi connectivity index (χ1v) is 5.21. The van der Waals surface area contributed by atoms with Crippen LogP contribution in [0.15, 0.2) is 0 Å². The maximum absolute atomic E-state index is 5.83. The number of hydrogen-bond donors (Lipinski definition) is 2. The van der Waals surface area contributed by atoms with E-state index in [1.807, 2.05) is 0 Å². The lowest BCUT2D eigenvalue weighted by Gasteiger charge is -2.14. The van der Waals surface area contributed by atoms with Crippen LogP contribution in [0.4, 0.5) is 0 Å². The minimum atomic E-state index is 0.315. The van der Waals surface area contributed by atoms with E-state index in [2.05, 4.69) is 12.2 Å². The largest absolute Gasteiger partial charge is 0.380 e. The molecule has 0 saturated heterocycles. The molecule has 3 heteroatoms. The Bertz CT molecular complexity index is 141. The van der Waals surface area contributed by atoms with Crippen LogP contribution >= 0.6 is 0 Å². The Morgan fingerprint density at radius 2 is 2.31 bits per heavy atom. The fourth-order valence-electron chi connectivity index (χ4n) is 1.87. The van der Waals surface area contributed by atoms with Crippen molar-refractivity contribution in [1.29, 1.82) is 0 Å². The van der Waals surface area contributed by atoms with Gasteiger partial charge in [0.05, 0.1) is 6.10 Å². The monoisotopic (exact) mass is 186 g/mol. The van der Waals surface area contributed by atoms with Gasteiger partial charge in [0, 0.05) is 19.7 Å². The van der Waals surface area contributed by atoms with Crippen LogP contribution in [-0.2, 0) is 4.74 Å². The van der Waals surface area contributed by atoms with E-state index >= 15 is 0 Å². The van der Waals surface area contributed by atoms with E-state index in [4.69, 9.17) is 10.5 Å². The van der Waals surface area contributed by atoms with Gasteiger partial charge < -0.3 is 15.8 Å². The van der Waals surface area contributed by atoms with Gasteiger partial charge in [0.2, 0.25) is 0 Å². The molecular formula is C10H22N2O. The van der Waals surface area contributed by atoms with Crippen LogP contribution in [0, 0.1) is 5.92 Å². The molecule has 1 aliphatic carbocycles. The maximum Gasteiger partial charge on any atom is 0.0667 e. The van der Waals surface area contributed by atoms with Crippen LogP contribution < -0.4 is 11.1 Å². The molecule has 13 heavy (non-hydrogen) atoms. The molecule has 3 N–H and O–H groups in total. The van der Waals surface area contributed by atoms with E-state index in [0.717, 1.165) is 19.0 Å². The predicted molar refractivity (Wildman–Crippen MR) is 54.7 cm³/mol. The molecule has 0 amide bonds. The summed E-state index contributed by atoms with van der Waals surface area (Å²) in [6, 6.07) is 0.451. The molecule has 1 saturated carbocycles. The summed E-state index contributed by atoms with van der Waals surface area (Å²) in [5.41, 5.74) is 5.83. The van der Waals surface area contributed by atoms with Gasteiger partial charge in [-0.05, 0) is 38.6 Å². The predicted octanol–water partition coefficient (Wildman–Crippen LogP) is 0.738. The molecule has 0 aromatic carbocycles. The smallest absolute Gasteiger partial charge is 0.0667 e. The Morgan fingerprint density at radius 3 is 2.85 bits per heavy atom. The SMILES string of the molecule is COC(C)CNCC1CCC(N)C1. The Morgan fingerprint density at radius 1 is 1.54 bits per heavy atom. The highest BCUT2D eigenvalue weighted by Gasteiger charge is 2.20. The second-order valence-corrected chi connectivity index (χ2v) is 4.14. The van der Waals surface area contributed by atoms with Gasteiger partial charge in [0.15, 0.2) is 0 Å². The summed E-state index contributed by atoms with van der Waals surface area (Å²) >= 11 is 0. The quantitative estimate of drug-likeness (QED) is 0.665. The van der Waals surface area contributed by atoms with Crippen LogP contribution in [0.25, 0.3) is 0 Å². The third-order valence-corrected chi connectivity index (χ3v) is 2.85. The third-order valence-electron chi connectivity index (χ3n) is 2.85. The van der Waals surface area contributed by atoms with E-state index < -0.39 is 0 Å². The van der Waals surface area contributed by atoms with Gasteiger partial charge in [-0.2, -0.15) is 0 Å². The van der Waals surface area contributed by atoms with Crippen LogP contribution in [0.1, 0.15) is 26.2 Å². The Balaban J connectivity index is 2.00. The van der Waals surface area contributed by atoms with E-state index in [-0.39, 0.29) is 0 Å². The maximum atomic E-state index is 5.83. The zero-order chi connectivity index (χ0) is 9.68. The van der Waals surface area contributed by atoms with Gasteiger partial charge in [0.25, 0.3) is 0 Å². The Hall–Kier alpha value is -0.120. The molecule has 3 nitrogen and oxygen atoms in total. The number of ether oxygens (including phenoxy) is 1. The van der Waals surface area contributed by atoms with Crippen LogP contribution in [0.2, 0.25) is 0 Å². The zero-order valence-corrected chi connectivity index (χ0v) is 8.75. The van der Waals surface area contributed by atoms with Crippen molar-refractivity contribution < 1.29 is 4.74 Å². The van der Waals surface area contributed by atoms with Gasteiger partial charge >= 0.3 is 0 Å². The van der Waals surface area contributed by atoms with Crippen molar-refractivity contribution in [3.8, 4) is 0 Å². The fourth-order valence-corrected chi connectivity index (χ4v) is 1.87. The topological polar surface area (TPSA) is 47.3 Å². The van der Waals surface area contributed by atoms with Gasteiger partial charge in [-0.15, -0.1) is 0 Å². The molecule has 3 unspecified atom stereocenters. The number of methoxy groups -OCH3 is 1. The van der Waals surface area contributed by atoms with E-state index in [1.165, 1.54) is 19.3 Å². The summed E-state index contributed by atoms with van der Waals surface area (Å²) in [5.74, 6) is 0.791. The second kappa shape index (κ2) is 5.58. The first-order valence-electron chi connectivity index (χ1n) is 5.21. The van der Waals surface area contributed by atoms with Crippen molar-refractivity contribution in [3.05, 3.63) is 0 Å². The molecule has 1 aliphatic rings. The third kappa shape index (κ3) is 4.07. The lowest BCUT2D eigenvalue weighted by Crippen LogP contribution is -2.30. The average molecular weight is 186 g/mol. The fraction of sp³-hybridized carbons (Fsp3) is 1.00. The molecule has 0 radical (unpaired) electrons. The first kappa shape index (κ1) is 11.0.